The highest BCUT2D eigenvalue weighted by Gasteiger charge is 2.15. The Balaban J connectivity index is 1.64. The number of methoxy groups -OCH3 is 1. The van der Waals surface area contributed by atoms with Crippen LogP contribution in [0.4, 0.5) is 5.69 Å². The fraction of sp³-hybridized carbons (Fsp3) is 0.0435. The van der Waals surface area contributed by atoms with E-state index in [-0.39, 0.29) is 16.5 Å². The van der Waals surface area contributed by atoms with Crippen molar-refractivity contribution in [3.05, 3.63) is 87.9 Å². The number of rotatable bonds is 6. The number of anilines is 1. The number of esters is 1. The zero-order chi connectivity index (χ0) is 23.8. The lowest BCUT2D eigenvalue weighted by Crippen LogP contribution is -2.32. The largest absolute Gasteiger partial charge is 0.497 e. The van der Waals surface area contributed by atoms with E-state index in [1.807, 2.05) is 0 Å². The Morgan fingerprint density at radius 2 is 1.73 bits per heavy atom. The molecule has 0 radical (unpaired) electrons. The molecule has 168 valence electrons. The Bertz CT molecular complexity index is 1230. The number of halogens is 2. The number of ether oxygens (including phenoxy) is 2. The molecule has 0 saturated heterocycles. The zero-order valence-corrected chi connectivity index (χ0v) is 18.7. The predicted octanol–water partition coefficient (Wildman–Crippen LogP) is 4.31. The summed E-state index contributed by atoms with van der Waals surface area (Å²) >= 11 is 11.8. The van der Waals surface area contributed by atoms with Crippen LogP contribution >= 0.6 is 23.2 Å². The van der Waals surface area contributed by atoms with Crippen molar-refractivity contribution in [3.8, 4) is 11.5 Å². The summed E-state index contributed by atoms with van der Waals surface area (Å²) in [7, 11) is 1.49. The predicted molar refractivity (Wildman–Crippen MR) is 125 cm³/mol. The highest BCUT2D eigenvalue weighted by Crippen LogP contribution is 2.25. The van der Waals surface area contributed by atoms with E-state index in [0.717, 1.165) is 0 Å². The van der Waals surface area contributed by atoms with Crippen LogP contribution in [-0.4, -0.2) is 31.1 Å². The maximum Gasteiger partial charge on any atom is 0.343 e. The number of benzene rings is 3. The third kappa shape index (κ3) is 6.55. The number of carbonyl (C=O) groups excluding carboxylic acids is 3. The molecule has 2 amide bonds. The van der Waals surface area contributed by atoms with Gasteiger partial charge >= 0.3 is 17.8 Å². The standard InChI is InChI=1S/C23H17Cl2N3O5/c1-32-17-7-4-6-14(11-17)23(31)33-20-8-3-2-5-15(20)13-26-28-22(30)21(29)27-19-12-16(24)9-10-18(19)25/h2-13H,1H3,(H,27,29)(H,28,30)/b26-13+. The molecule has 0 saturated carbocycles. The van der Waals surface area contributed by atoms with E-state index in [1.165, 1.54) is 25.5 Å². The Morgan fingerprint density at radius 1 is 0.939 bits per heavy atom. The summed E-state index contributed by atoms with van der Waals surface area (Å²) in [5, 5.41) is 6.66. The molecule has 10 heteroatoms. The van der Waals surface area contributed by atoms with Crippen molar-refractivity contribution in [2.45, 2.75) is 0 Å². The Labute approximate surface area is 199 Å². The van der Waals surface area contributed by atoms with Crippen molar-refractivity contribution in [1.29, 1.82) is 0 Å². The number of para-hydroxylation sites is 1. The number of carbonyl (C=O) groups is 3. The van der Waals surface area contributed by atoms with Gasteiger partial charge < -0.3 is 14.8 Å². The van der Waals surface area contributed by atoms with Crippen LogP contribution in [-0.2, 0) is 9.59 Å². The summed E-state index contributed by atoms with van der Waals surface area (Å²) in [5.41, 5.74) is 2.97. The number of nitrogens with zero attached hydrogens (tertiary/aromatic N) is 1. The average molecular weight is 486 g/mol. The van der Waals surface area contributed by atoms with Crippen LogP contribution in [0.15, 0.2) is 71.8 Å². The second-order valence-electron chi connectivity index (χ2n) is 6.44. The second-order valence-corrected chi connectivity index (χ2v) is 7.28. The molecular weight excluding hydrogens is 469 g/mol. The van der Waals surface area contributed by atoms with Gasteiger partial charge in [-0.25, -0.2) is 10.2 Å². The van der Waals surface area contributed by atoms with Gasteiger partial charge in [-0.3, -0.25) is 9.59 Å². The van der Waals surface area contributed by atoms with Gasteiger partial charge in [0.1, 0.15) is 11.5 Å². The number of nitrogens with one attached hydrogen (secondary N) is 2. The topological polar surface area (TPSA) is 106 Å². The minimum atomic E-state index is -1.03. The highest BCUT2D eigenvalue weighted by molar-refractivity contribution is 6.42. The van der Waals surface area contributed by atoms with E-state index in [2.05, 4.69) is 15.8 Å². The van der Waals surface area contributed by atoms with Gasteiger partial charge in [-0.1, -0.05) is 41.4 Å². The minimum Gasteiger partial charge on any atom is -0.497 e. The van der Waals surface area contributed by atoms with Gasteiger partial charge in [0.15, 0.2) is 0 Å². The fourth-order valence-corrected chi connectivity index (χ4v) is 2.91. The molecule has 0 heterocycles. The number of hydrazone groups is 1. The van der Waals surface area contributed by atoms with Crippen molar-refractivity contribution >= 4 is 52.9 Å². The molecule has 0 aromatic heterocycles. The fourth-order valence-electron chi connectivity index (χ4n) is 2.57. The molecule has 3 rings (SSSR count). The summed E-state index contributed by atoms with van der Waals surface area (Å²) in [6.07, 6.45) is 1.24. The Morgan fingerprint density at radius 3 is 2.52 bits per heavy atom. The molecule has 0 fully saturated rings. The quantitative estimate of drug-likeness (QED) is 0.178. The number of hydrogen-bond acceptors (Lipinski definition) is 6. The summed E-state index contributed by atoms with van der Waals surface area (Å²) in [6, 6.07) is 17.5. The van der Waals surface area contributed by atoms with E-state index < -0.39 is 17.8 Å². The summed E-state index contributed by atoms with van der Waals surface area (Å²) in [4.78, 5) is 36.6. The molecule has 0 bridgehead atoms. The minimum absolute atomic E-state index is 0.183. The van der Waals surface area contributed by atoms with Gasteiger partial charge in [0.2, 0.25) is 0 Å². The molecule has 0 unspecified atom stereocenters. The lowest BCUT2D eigenvalue weighted by molar-refractivity contribution is -0.136. The Kier molecular flexibility index (Phi) is 8.01. The molecule has 0 aliphatic rings. The first-order valence-corrected chi connectivity index (χ1v) is 10.2. The van der Waals surface area contributed by atoms with E-state index in [0.29, 0.717) is 21.9 Å². The maximum atomic E-state index is 12.5. The van der Waals surface area contributed by atoms with Crippen LogP contribution in [0.5, 0.6) is 11.5 Å². The van der Waals surface area contributed by atoms with Gasteiger partial charge in [-0.15, -0.1) is 0 Å². The molecular formula is C23H17Cl2N3O5. The molecule has 8 nitrogen and oxygen atoms in total. The van der Waals surface area contributed by atoms with Crippen LogP contribution < -0.4 is 20.2 Å². The lowest BCUT2D eigenvalue weighted by Gasteiger charge is -2.08. The first kappa shape index (κ1) is 23.8. The summed E-state index contributed by atoms with van der Waals surface area (Å²) in [5.74, 6) is -1.91. The first-order chi connectivity index (χ1) is 15.9. The third-order valence-corrected chi connectivity index (χ3v) is 4.74. The molecule has 2 N–H and O–H groups in total. The number of amides is 2. The zero-order valence-electron chi connectivity index (χ0n) is 17.2. The van der Waals surface area contributed by atoms with Crippen molar-refractivity contribution in [3.63, 3.8) is 0 Å². The van der Waals surface area contributed by atoms with Crippen molar-refractivity contribution in [2.75, 3.05) is 12.4 Å². The number of hydrogen-bond donors (Lipinski definition) is 2. The van der Waals surface area contributed by atoms with Crippen molar-refractivity contribution in [1.82, 2.24) is 5.43 Å². The molecule has 3 aromatic carbocycles. The van der Waals surface area contributed by atoms with E-state index in [9.17, 15) is 14.4 Å². The second kappa shape index (κ2) is 11.1. The molecule has 0 spiro atoms. The molecule has 0 atom stereocenters. The van der Waals surface area contributed by atoms with Gasteiger partial charge in [0, 0.05) is 10.6 Å². The normalized spacial score (nSPS) is 10.5. The van der Waals surface area contributed by atoms with Crippen LogP contribution in [0.2, 0.25) is 10.0 Å². The van der Waals surface area contributed by atoms with Crippen molar-refractivity contribution < 1.29 is 23.9 Å². The van der Waals surface area contributed by atoms with Crippen LogP contribution in [0.1, 0.15) is 15.9 Å². The maximum absolute atomic E-state index is 12.5. The first-order valence-electron chi connectivity index (χ1n) is 9.42. The molecule has 0 aliphatic heterocycles. The van der Waals surface area contributed by atoms with Gasteiger partial charge in [0.05, 0.1) is 29.6 Å². The van der Waals surface area contributed by atoms with E-state index in [1.54, 1.807) is 54.6 Å². The van der Waals surface area contributed by atoms with Gasteiger partial charge in [-0.05, 0) is 48.5 Å². The third-order valence-electron chi connectivity index (χ3n) is 4.18. The molecule has 3 aromatic rings. The summed E-state index contributed by atoms with van der Waals surface area (Å²) in [6.45, 7) is 0. The van der Waals surface area contributed by atoms with Crippen LogP contribution in [0.25, 0.3) is 0 Å². The van der Waals surface area contributed by atoms with Crippen LogP contribution in [0.3, 0.4) is 0 Å². The SMILES string of the molecule is COc1cccc(C(=O)Oc2ccccc2/C=N/NC(=O)C(=O)Nc2cc(Cl)ccc2Cl)c1. The molecule has 0 aliphatic carbocycles. The van der Waals surface area contributed by atoms with E-state index in [4.69, 9.17) is 32.7 Å². The van der Waals surface area contributed by atoms with Gasteiger partial charge in [-0.2, -0.15) is 5.10 Å². The van der Waals surface area contributed by atoms with E-state index >= 15 is 0 Å². The van der Waals surface area contributed by atoms with Gasteiger partial charge in [0.25, 0.3) is 0 Å². The monoisotopic (exact) mass is 485 g/mol. The molecule has 33 heavy (non-hydrogen) atoms. The van der Waals surface area contributed by atoms with Crippen LogP contribution in [0, 0.1) is 0 Å². The summed E-state index contributed by atoms with van der Waals surface area (Å²) < 4.78 is 10.5. The smallest absolute Gasteiger partial charge is 0.343 e. The Hall–Kier alpha value is -3.88. The highest BCUT2D eigenvalue weighted by atomic mass is 35.5. The average Bonchev–Trinajstić information content (AvgIpc) is 2.82. The van der Waals surface area contributed by atoms with Crippen molar-refractivity contribution in [2.24, 2.45) is 5.10 Å². The lowest BCUT2D eigenvalue weighted by atomic mass is 10.2.